The lowest BCUT2D eigenvalue weighted by Crippen LogP contribution is -2.33. The van der Waals surface area contributed by atoms with E-state index in [2.05, 4.69) is 15.5 Å². The first-order chi connectivity index (χ1) is 13.6. The van der Waals surface area contributed by atoms with Crippen molar-refractivity contribution in [3.05, 3.63) is 59.4 Å². The van der Waals surface area contributed by atoms with Crippen LogP contribution < -0.4 is 15.5 Å². The van der Waals surface area contributed by atoms with Gasteiger partial charge in [0.2, 0.25) is 0 Å². The summed E-state index contributed by atoms with van der Waals surface area (Å²) in [5, 5.41) is 5.68. The molecule has 1 saturated heterocycles. The van der Waals surface area contributed by atoms with Crippen molar-refractivity contribution >= 4 is 23.2 Å². The van der Waals surface area contributed by atoms with E-state index in [0.717, 1.165) is 38.0 Å². The number of anilines is 2. The molecule has 0 unspecified atom stereocenters. The lowest BCUT2D eigenvalue weighted by Gasteiger charge is -2.30. The summed E-state index contributed by atoms with van der Waals surface area (Å²) in [7, 11) is 0. The molecular weight excluding hydrogens is 357 g/mol. The summed E-state index contributed by atoms with van der Waals surface area (Å²) in [5.41, 5.74) is 2.18. The van der Waals surface area contributed by atoms with Crippen LogP contribution in [0.3, 0.4) is 0 Å². The lowest BCUT2D eigenvalue weighted by atomic mass is 10.1. The molecule has 148 valence electrons. The molecule has 5 nitrogen and oxygen atoms in total. The standard InChI is InChI=1S/C22H26FN3O2/c1-2-11-24-22(28)19-15-18(9-10-20(19)26-12-4-3-5-13-26)25-21(27)16-7-6-8-17(23)14-16/h6-10,14-15H,2-5,11-13H2,1H3,(H,24,28)(H,25,27). The van der Waals surface area contributed by atoms with E-state index in [4.69, 9.17) is 0 Å². The highest BCUT2D eigenvalue weighted by Gasteiger charge is 2.19. The second kappa shape index (κ2) is 9.35. The van der Waals surface area contributed by atoms with Crippen LogP contribution in [-0.2, 0) is 0 Å². The zero-order valence-corrected chi connectivity index (χ0v) is 16.1. The smallest absolute Gasteiger partial charge is 0.255 e. The molecule has 2 amide bonds. The van der Waals surface area contributed by atoms with Crippen molar-refractivity contribution < 1.29 is 14.0 Å². The van der Waals surface area contributed by atoms with E-state index in [0.29, 0.717) is 17.8 Å². The van der Waals surface area contributed by atoms with Gasteiger partial charge in [0.05, 0.1) is 5.56 Å². The molecule has 0 atom stereocenters. The van der Waals surface area contributed by atoms with Gasteiger partial charge in [-0.25, -0.2) is 4.39 Å². The summed E-state index contributed by atoms with van der Waals surface area (Å²) >= 11 is 0. The molecule has 2 aromatic rings. The van der Waals surface area contributed by atoms with Gasteiger partial charge >= 0.3 is 0 Å². The van der Waals surface area contributed by atoms with Crippen LogP contribution in [0.5, 0.6) is 0 Å². The Balaban J connectivity index is 1.85. The first kappa shape index (κ1) is 19.9. The fourth-order valence-electron chi connectivity index (χ4n) is 3.37. The number of carbonyl (C=O) groups excluding carboxylic acids is 2. The normalized spacial score (nSPS) is 13.9. The van der Waals surface area contributed by atoms with Gasteiger partial charge in [0.15, 0.2) is 0 Å². The first-order valence-electron chi connectivity index (χ1n) is 9.82. The maximum Gasteiger partial charge on any atom is 0.255 e. The van der Waals surface area contributed by atoms with Gasteiger partial charge in [-0.15, -0.1) is 0 Å². The summed E-state index contributed by atoms with van der Waals surface area (Å²) < 4.78 is 13.4. The summed E-state index contributed by atoms with van der Waals surface area (Å²) in [6, 6.07) is 10.9. The highest BCUT2D eigenvalue weighted by atomic mass is 19.1. The van der Waals surface area contributed by atoms with Crippen molar-refractivity contribution in [1.82, 2.24) is 5.32 Å². The molecule has 2 N–H and O–H groups in total. The van der Waals surface area contributed by atoms with Crippen molar-refractivity contribution in [3.8, 4) is 0 Å². The third-order valence-electron chi connectivity index (χ3n) is 4.82. The molecule has 3 rings (SSSR count). The molecule has 0 spiro atoms. The maximum absolute atomic E-state index is 13.4. The van der Waals surface area contributed by atoms with Crippen molar-refractivity contribution in [1.29, 1.82) is 0 Å². The van der Waals surface area contributed by atoms with Gasteiger partial charge in [-0.3, -0.25) is 9.59 Å². The van der Waals surface area contributed by atoms with E-state index >= 15 is 0 Å². The Morgan fingerprint density at radius 3 is 2.54 bits per heavy atom. The van der Waals surface area contributed by atoms with Gasteiger partial charge in [0.1, 0.15) is 5.82 Å². The molecule has 1 heterocycles. The highest BCUT2D eigenvalue weighted by Crippen LogP contribution is 2.27. The minimum atomic E-state index is -0.465. The Kier molecular flexibility index (Phi) is 6.63. The van der Waals surface area contributed by atoms with Crippen LogP contribution >= 0.6 is 0 Å². The number of amides is 2. The van der Waals surface area contributed by atoms with Crippen molar-refractivity contribution in [2.45, 2.75) is 32.6 Å². The van der Waals surface area contributed by atoms with Gasteiger partial charge in [-0.1, -0.05) is 13.0 Å². The molecule has 0 aromatic heterocycles. The highest BCUT2D eigenvalue weighted by molar-refractivity contribution is 6.06. The summed E-state index contributed by atoms with van der Waals surface area (Å²) in [5.74, 6) is -1.03. The first-order valence-corrected chi connectivity index (χ1v) is 9.82. The minimum Gasteiger partial charge on any atom is -0.371 e. The van der Waals surface area contributed by atoms with Crippen LogP contribution in [0.15, 0.2) is 42.5 Å². The number of halogens is 1. The Hall–Kier alpha value is -2.89. The molecule has 0 radical (unpaired) electrons. The number of rotatable bonds is 6. The SMILES string of the molecule is CCCNC(=O)c1cc(NC(=O)c2cccc(F)c2)ccc1N1CCCCC1. The summed E-state index contributed by atoms with van der Waals surface area (Å²) in [6.07, 6.45) is 4.26. The number of hydrogen-bond acceptors (Lipinski definition) is 3. The second-order valence-corrected chi connectivity index (χ2v) is 7.00. The number of nitrogens with one attached hydrogen (secondary N) is 2. The van der Waals surface area contributed by atoms with Gasteiger partial charge < -0.3 is 15.5 Å². The number of carbonyl (C=O) groups is 2. The Labute approximate surface area is 164 Å². The van der Waals surface area contributed by atoms with Gasteiger partial charge in [-0.2, -0.15) is 0 Å². The lowest BCUT2D eigenvalue weighted by molar-refractivity contribution is 0.0952. The topological polar surface area (TPSA) is 61.4 Å². The van der Waals surface area contributed by atoms with E-state index < -0.39 is 11.7 Å². The largest absolute Gasteiger partial charge is 0.371 e. The number of hydrogen-bond donors (Lipinski definition) is 2. The maximum atomic E-state index is 13.4. The zero-order valence-electron chi connectivity index (χ0n) is 16.1. The van der Waals surface area contributed by atoms with E-state index in [1.54, 1.807) is 18.2 Å². The second-order valence-electron chi connectivity index (χ2n) is 7.00. The number of nitrogens with zero attached hydrogens (tertiary/aromatic N) is 1. The Morgan fingerprint density at radius 1 is 1.04 bits per heavy atom. The molecule has 2 aromatic carbocycles. The van der Waals surface area contributed by atoms with Crippen molar-refractivity contribution in [2.24, 2.45) is 0 Å². The minimum absolute atomic E-state index is 0.149. The molecule has 1 aliphatic heterocycles. The monoisotopic (exact) mass is 383 g/mol. The average molecular weight is 383 g/mol. The average Bonchev–Trinajstić information content (AvgIpc) is 2.72. The molecule has 28 heavy (non-hydrogen) atoms. The fraction of sp³-hybridized carbons (Fsp3) is 0.364. The summed E-state index contributed by atoms with van der Waals surface area (Å²) in [6.45, 7) is 4.44. The van der Waals surface area contributed by atoms with Crippen LogP contribution in [0.25, 0.3) is 0 Å². The van der Waals surface area contributed by atoms with Gasteiger partial charge in [0, 0.05) is 36.6 Å². The van der Waals surface area contributed by atoms with Gasteiger partial charge in [-0.05, 0) is 62.1 Å². The Bertz CT molecular complexity index is 847. The quantitative estimate of drug-likeness (QED) is 0.786. The van der Waals surface area contributed by atoms with E-state index in [-0.39, 0.29) is 11.5 Å². The van der Waals surface area contributed by atoms with E-state index in [1.165, 1.54) is 24.6 Å². The van der Waals surface area contributed by atoms with Crippen LogP contribution in [0.2, 0.25) is 0 Å². The summed E-state index contributed by atoms with van der Waals surface area (Å²) in [4.78, 5) is 27.4. The van der Waals surface area contributed by atoms with Crippen molar-refractivity contribution in [3.63, 3.8) is 0 Å². The van der Waals surface area contributed by atoms with E-state index in [9.17, 15) is 14.0 Å². The predicted molar refractivity (Wildman–Crippen MR) is 109 cm³/mol. The van der Waals surface area contributed by atoms with Crippen LogP contribution in [0.1, 0.15) is 53.3 Å². The van der Waals surface area contributed by atoms with E-state index in [1.807, 2.05) is 13.0 Å². The molecular formula is C22H26FN3O2. The molecule has 0 saturated carbocycles. The molecule has 0 bridgehead atoms. The van der Waals surface area contributed by atoms with Crippen LogP contribution in [-0.4, -0.2) is 31.4 Å². The van der Waals surface area contributed by atoms with Crippen LogP contribution in [0.4, 0.5) is 15.8 Å². The zero-order chi connectivity index (χ0) is 19.9. The van der Waals surface area contributed by atoms with Crippen LogP contribution in [0, 0.1) is 5.82 Å². The predicted octanol–water partition coefficient (Wildman–Crippen LogP) is 4.21. The fourth-order valence-corrected chi connectivity index (χ4v) is 3.37. The number of benzene rings is 2. The Morgan fingerprint density at radius 2 is 1.82 bits per heavy atom. The third-order valence-corrected chi connectivity index (χ3v) is 4.82. The van der Waals surface area contributed by atoms with Gasteiger partial charge in [0.25, 0.3) is 11.8 Å². The molecule has 1 aliphatic rings. The molecule has 1 fully saturated rings. The molecule has 0 aliphatic carbocycles. The molecule has 6 heteroatoms. The third kappa shape index (κ3) is 4.88. The number of piperidine rings is 1. The van der Waals surface area contributed by atoms with Crippen molar-refractivity contribution in [2.75, 3.05) is 29.9 Å².